The monoisotopic (exact) mass is 262 g/mol. The van der Waals surface area contributed by atoms with Crippen molar-refractivity contribution < 1.29 is 8.91 Å². The van der Waals surface area contributed by atoms with Crippen LogP contribution < -0.4 is 10.6 Å². The smallest absolute Gasteiger partial charge is 0.266 e. The first-order valence-corrected chi connectivity index (χ1v) is 6.38. The van der Waals surface area contributed by atoms with Crippen LogP contribution in [0, 0.1) is 5.82 Å². The van der Waals surface area contributed by atoms with Gasteiger partial charge in [0.1, 0.15) is 5.82 Å². The molecule has 3 rings (SSSR count). The molecule has 6 heteroatoms. The van der Waals surface area contributed by atoms with Gasteiger partial charge in [0.2, 0.25) is 0 Å². The van der Waals surface area contributed by atoms with E-state index < -0.39 is 5.82 Å². The van der Waals surface area contributed by atoms with Crippen LogP contribution in [0.15, 0.2) is 22.7 Å². The van der Waals surface area contributed by atoms with Gasteiger partial charge in [0.15, 0.2) is 0 Å². The molecule has 0 radical (unpaired) electrons. The third-order valence-electron chi connectivity index (χ3n) is 3.30. The van der Waals surface area contributed by atoms with Gasteiger partial charge in [0, 0.05) is 18.7 Å². The highest BCUT2D eigenvalue weighted by Crippen LogP contribution is 2.24. The number of rotatable bonds is 2. The molecule has 2 heterocycles. The van der Waals surface area contributed by atoms with Gasteiger partial charge < -0.3 is 15.2 Å². The van der Waals surface area contributed by atoms with Crippen molar-refractivity contribution in [3.63, 3.8) is 0 Å². The van der Waals surface area contributed by atoms with Crippen LogP contribution in [0.4, 0.5) is 16.0 Å². The molecule has 5 nitrogen and oxygen atoms in total. The summed E-state index contributed by atoms with van der Waals surface area (Å²) < 4.78 is 18.6. The summed E-state index contributed by atoms with van der Waals surface area (Å²) in [6.07, 6.45) is 3.52. The van der Waals surface area contributed by atoms with E-state index in [2.05, 4.69) is 15.0 Å². The fourth-order valence-electron chi connectivity index (χ4n) is 2.22. The highest BCUT2D eigenvalue weighted by Gasteiger charge is 2.17. The van der Waals surface area contributed by atoms with Gasteiger partial charge in [-0.05, 0) is 42.6 Å². The number of nitrogens with two attached hydrogens (primary N) is 1. The van der Waals surface area contributed by atoms with E-state index in [0.717, 1.165) is 25.9 Å². The highest BCUT2D eigenvalue weighted by atomic mass is 19.1. The minimum absolute atomic E-state index is 0.111. The summed E-state index contributed by atoms with van der Waals surface area (Å²) in [5.74, 6) is 0.418. The summed E-state index contributed by atoms with van der Waals surface area (Å²) in [5, 5.41) is 3.95. The van der Waals surface area contributed by atoms with Crippen LogP contribution in [-0.4, -0.2) is 23.2 Å². The van der Waals surface area contributed by atoms with Crippen molar-refractivity contribution in [3.05, 3.63) is 24.0 Å². The topological polar surface area (TPSA) is 68.2 Å². The van der Waals surface area contributed by atoms with Gasteiger partial charge in [-0.2, -0.15) is 4.98 Å². The molecule has 1 saturated heterocycles. The Morgan fingerprint density at radius 3 is 2.74 bits per heavy atom. The Morgan fingerprint density at radius 2 is 2.00 bits per heavy atom. The Morgan fingerprint density at radius 1 is 1.21 bits per heavy atom. The standard InChI is InChI=1S/C13H15FN4O/c14-10-8-9(4-5-11(10)15)12-16-13(17-19-12)18-6-2-1-3-7-18/h4-5,8H,1-3,6-7,15H2. The van der Waals surface area contributed by atoms with E-state index in [-0.39, 0.29) is 5.69 Å². The summed E-state index contributed by atoms with van der Waals surface area (Å²) in [5.41, 5.74) is 6.09. The minimum atomic E-state index is -0.477. The summed E-state index contributed by atoms with van der Waals surface area (Å²) in [6, 6.07) is 4.48. The number of nitrogens with zero attached hydrogens (tertiary/aromatic N) is 3. The largest absolute Gasteiger partial charge is 0.396 e. The van der Waals surface area contributed by atoms with E-state index >= 15 is 0 Å². The number of aromatic nitrogens is 2. The number of nitrogen functional groups attached to an aromatic ring is 1. The van der Waals surface area contributed by atoms with Gasteiger partial charge in [-0.1, -0.05) is 0 Å². The Hall–Kier alpha value is -2.11. The number of benzene rings is 1. The van der Waals surface area contributed by atoms with Crippen LogP contribution in [0.3, 0.4) is 0 Å². The van der Waals surface area contributed by atoms with Crippen molar-refractivity contribution >= 4 is 11.6 Å². The maximum Gasteiger partial charge on any atom is 0.266 e. The van der Waals surface area contributed by atoms with E-state index in [1.807, 2.05) is 0 Å². The molecule has 0 spiro atoms. The Kier molecular flexibility index (Phi) is 3.06. The lowest BCUT2D eigenvalue weighted by Crippen LogP contribution is -2.30. The summed E-state index contributed by atoms with van der Waals surface area (Å²) in [4.78, 5) is 6.40. The van der Waals surface area contributed by atoms with Crippen molar-refractivity contribution in [1.82, 2.24) is 10.1 Å². The molecule has 0 amide bonds. The Labute approximate surface area is 110 Å². The molecular weight excluding hydrogens is 247 g/mol. The van der Waals surface area contributed by atoms with Crippen molar-refractivity contribution in [3.8, 4) is 11.5 Å². The van der Waals surface area contributed by atoms with Crippen LogP contribution in [0.2, 0.25) is 0 Å². The van der Waals surface area contributed by atoms with Crippen LogP contribution >= 0.6 is 0 Å². The molecule has 1 aromatic heterocycles. The molecule has 0 bridgehead atoms. The van der Waals surface area contributed by atoms with E-state index in [1.54, 1.807) is 6.07 Å². The average molecular weight is 262 g/mol. The second-order valence-electron chi connectivity index (χ2n) is 4.68. The van der Waals surface area contributed by atoms with E-state index in [4.69, 9.17) is 10.3 Å². The van der Waals surface area contributed by atoms with E-state index in [1.165, 1.54) is 18.6 Å². The Bertz CT molecular complexity index is 578. The second-order valence-corrected chi connectivity index (χ2v) is 4.68. The predicted molar refractivity (Wildman–Crippen MR) is 70.2 cm³/mol. The maximum atomic E-state index is 13.4. The van der Waals surface area contributed by atoms with E-state index in [0.29, 0.717) is 17.4 Å². The number of anilines is 2. The molecule has 0 aliphatic carbocycles. The lowest BCUT2D eigenvalue weighted by molar-refractivity contribution is 0.426. The molecule has 1 aromatic carbocycles. The quantitative estimate of drug-likeness (QED) is 0.842. The van der Waals surface area contributed by atoms with Crippen molar-refractivity contribution in [2.24, 2.45) is 0 Å². The van der Waals surface area contributed by atoms with Gasteiger partial charge in [-0.3, -0.25) is 0 Å². The molecule has 0 atom stereocenters. The maximum absolute atomic E-state index is 13.4. The summed E-state index contributed by atoms with van der Waals surface area (Å²) in [7, 11) is 0. The molecule has 2 aromatic rings. The molecule has 1 aliphatic rings. The van der Waals surface area contributed by atoms with Gasteiger partial charge in [0.05, 0.1) is 5.69 Å². The zero-order chi connectivity index (χ0) is 13.2. The lowest BCUT2D eigenvalue weighted by atomic mass is 10.1. The first-order chi connectivity index (χ1) is 9.24. The highest BCUT2D eigenvalue weighted by molar-refractivity contribution is 5.58. The number of hydrogen-bond acceptors (Lipinski definition) is 5. The lowest BCUT2D eigenvalue weighted by Gasteiger charge is -2.24. The van der Waals surface area contributed by atoms with Crippen molar-refractivity contribution in [2.45, 2.75) is 19.3 Å². The van der Waals surface area contributed by atoms with Crippen LogP contribution in [-0.2, 0) is 0 Å². The van der Waals surface area contributed by atoms with Crippen LogP contribution in [0.25, 0.3) is 11.5 Å². The van der Waals surface area contributed by atoms with Crippen LogP contribution in [0.5, 0.6) is 0 Å². The molecule has 2 N–H and O–H groups in total. The Balaban J connectivity index is 1.85. The van der Waals surface area contributed by atoms with Gasteiger partial charge >= 0.3 is 0 Å². The molecule has 100 valence electrons. The van der Waals surface area contributed by atoms with E-state index in [9.17, 15) is 4.39 Å². The molecule has 19 heavy (non-hydrogen) atoms. The second kappa shape index (κ2) is 4.87. The third-order valence-corrected chi connectivity index (χ3v) is 3.30. The zero-order valence-electron chi connectivity index (χ0n) is 10.5. The molecule has 0 saturated carbocycles. The summed E-state index contributed by atoms with van der Waals surface area (Å²) in [6.45, 7) is 1.88. The normalized spacial score (nSPS) is 15.7. The summed E-state index contributed by atoms with van der Waals surface area (Å²) >= 11 is 0. The fourth-order valence-corrected chi connectivity index (χ4v) is 2.22. The molecule has 1 fully saturated rings. The first kappa shape index (κ1) is 12.0. The van der Waals surface area contributed by atoms with Gasteiger partial charge in [-0.15, -0.1) is 0 Å². The minimum Gasteiger partial charge on any atom is -0.396 e. The first-order valence-electron chi connectivity index (χ1n) is 6.38. The SMILES string of the molecule is Nc1ccc(-c2nc(N3CCCCC3)no2)cc1F. The molecule has 1 aliphatic heterocycles. The van der Waals surface area contributed by atoms with Crippen molar-refractivity contribution in [1.29, 1.82) is 0 Å². The zero-order valence-corrected chi connectivity index (χ0v) is 10.5. The average Bonchev–Trinajstić information content (AvgIpc) is 2.93. The van der Waals surface area contributed by atoms with Crippen molar-refractivity contribution in [2.75, 3.05) is 23.7 Å². The number of hydrogen-bond donors (Lipinski definition) is 1. The fraction of sp³-hybridized carbons (Fsp3) is 0.385. The molecule has 0 unspecified atom stereocenters. The third kappa shape index (κ3) is 2.38. The predicted octanol–water partition coefficient (Wildman–Crippen LogP) is 2.45. The number of piperidine rings is 1. The number of halogens is 1. The van der Waals surface area contributed by atoms with Crippen LogP contribution in [0.1, 0.15) is 19.3 Å². The van der Waals surface area contributed by atoms with Gasteiger partial charge in [0.25, 0.3) is 11.8 Å². The van der Waals surface area contributed by atoms with Gasteiger partial charge in [-0.25, -0.2) is 4.39 Å². The molecular formula is C13H15FN4O.